The number of hydrogen-bond acceptors (Lipinski definition) is 4. The first-order valence-corrected chi connectivity index (χ1v) is 9.04. The van der Waals surface area contributed by atoms with E-state index in [-0.39, 0.29) is 23.8 Å². The summed E-state index contributed by atoms with van der Waals surface area (Å²) in [5, 5.41) is 3.06. The first-order chi connectivity index (χ1) is 12.1. The first kappa shape index (κ1) is 15.9. The van der Waals surface area contributed by atoms with E-state index in [1.165, 1.54) is 18.0 Å². The summed E-state index contributed by atoms with van der Waals surface area (Å²) in [6.07, 6.45) is 0.860. The van der Waals surface area contributed by atoms with Crippen LogP contribution in [-0.4, -0.2) is 35.4 Å². The molecule has 4 rings (SSSR count). The van der Waals surface area contributed by atoms with E-state index in [0.717, 1.165) is 22.6 Å². The van der Waals surface area contributed by atoms with Crippen LogP contribution in [0.1, 0.15) is 49.1 Å². The van der Waals surface area contributed by atoms with Crippen molar-refractivity contribution in [1.29, 1.82) is 0 Å². The summed E-state index contributed by atoms with van der Waals surface area (Å²) in [4.78, 5) is 39.0. The zero-order valence-electron chi connectivity index (χ0n) is 13.6. The molecule has 0 spiro atoms. The molecule has 2 aromatic carbocycles. The van der Waals surface area contributed by atoms with Crippen LogP contribution in [0.3, 0.4) is 0 Å². The highest BCUT2D eigenvalue weighted by Gasteiger charge is 2.33. The molecule has 0 bridgehead atoms. The molecule has 3 amide bonds. The summed E-state index contributed by atoms with van der Waals surface area (Å²) < 4.78 is 0. The summed E-state index contributed by atoms with van der Waals surface area (Å²) in [5.74, 6) is 0.0211. The van der Waals surface area contributed by atoms with Crippen molar-refractivity contribution in [2.75, 3.05) is 12.8 Å². The lowest BCUT2D eigenvalue weighted by atomic mass is 10.0. The highest BCUT2D eigenvalue weighted by molar-refractivity contribution is 7.99. The van der Waals surface area contributed by atoms with Crippen molar-refractivity contribution in [3.05, 3.63) is 64.7 Å². The molecule has 2 aromatic rings. The zero-order chi connectivity index (χ0) is 17.6. The number of thioether (sulfide) groups is 1. The van der Waals surface area contributed by atoms with Crippen LogP contribution in [0.4, 0.5) is 0 Å². The number of hydrogen-bond donors (Lipinski definition) is 1. The maximum atomic E-state index is 12.7. The zero-order valence-corrected chi connectivity index (χ0v) is 14.4. The summed E-state index contributed by atoms with van der Waals surface area (Å²) in [6, 6.07) is 12.7. The SMILES string of the molecule is CN1C(=O)c2ccc(C(=O)N[C@@H]3CCSc4ccccc43)cc2C1=O. The Labute approximate surface area is 149 Å². The Morgan fingerprint density at radius 3 is 2.72 bits per heavy atom. The van der Waals surface area contributed by atoms with Gasteiger partial charge < -0.3 is 5.32 Å². The normalized spacial score (nSPS) is 18.8. The fourth-order valence-electron chi connectivity index (χ4n) is 3.24. The minimum atomic E-state index is -0.367. The number of benzene rings is 2. The second-order valence-electron chi connectivity index (χ2n) is 6.13. The molecule has 5 nitrogen and oxygen atoms in total. The molecule has 126 valence electrons. The molecule has 25 heavy (non-hydrogen) atoms. The average molecular weight is 352 g/mol. The van der Waals surface area contributed by atoms with Gasteiger partial charge in [-0.25, -0.2) is 0 Å². The van der Waals surface area contributed by atoms with E-state index in [9.17, 15) is 14.4 Å². The Morgan fingerprint density at radius 1 is 1.12 bits per heavy atom. The van der Waals surface area contributed by atoms with Crippen LogP contribution >= 0.6 is 11.8 Å². The molecule has 0 saturated heterocycles. The molecule has 0 fully saturated rings. The van der Waals surface area contributed by atoms with Crippen LogP contribution in [0.5, 0.6) is 0 Å². The van der Waals surface area contributed by atoms with Crippen LogP contribution in [0.15, 0.2) is 47.4 Å². The number of carbonyl (C=O) groups is 3. The number of nitrogens with one attached hydrogen (secondary N) is 1. The van der Waals surface area contributed by atoms with Gasteiger partial charge in [0.2, 0.25) is 0 Å². The summed E-state index contributed by atoms with van der Waals surface area (Å²) >= 11 is 1.79. The molecule has 0 unspecified atom stereocenters. The Bertz CT molecular complexity index is 909. The lowest BCUT2D eigenvalue weighted by molar-refractivity contribution is 0.0693. The van der Waals surface area contributed by atoms with E-state index in [4.69, 9.17) is 0 Å². The summed E-state index contributed by atoms with van der Waals surface area (Å²) in [7, 11) is 1.45. The Balaban J connectivity index is 1.60. The number of nitrogens with zero attached hydrogens (tertiary/aromatic N) is 1. The van der Waals surface area contributed by atoms with E-state index in [1.54, 1.807) is 23.9 Å². The first-order valence-electron chi connectivity index (χ1n) is 8.05. The quantitative estimate of drug-likeness (QED) is 0.844. The molecule has 2 aliphatic rings. The maximum Gasteiger partial charge on any atom is 0.261 e. The van der Waals surface area contributed by atoms with E-state index in [2.05, 4.69) is 11.4 Å². The predicted molar refractivity (Wildman–Crippen MR) is 94.9 cm³/mol. The van der Waals surface area contributed by atoms with Crippen molar-refractivity contribution in [2.45, 2.75) is 17.4 Å². The monoisotopic (exact) mass is 352 g/mol. The van der Waals surface area contributed by atoms with Crippen molar-refractivity contribution < 1.29 is 14.4 Å². The fraction of sp³-hybridized carbons (Fsp3) is 0.211. The third kappa shape index (κ3) is 2.62. The maximum absolute atomic E-state index is 12.7. The molecule has 6 heteroatoms. The van der Waals surface area contributed by atoms with Gasteiger partial charge in [0.15, 0.2) is 0 Å². The predicted octanol–water partition coefficient (Wildman–Crippen LogP) is 2.88. The Kier molecular flexibility index (Phi) is 3.84. The summed E-state index contributed by atoms with van der Waals surface area (Å²) in [6.45, 7) is 0. The van der Waals surface area contributed by atoms with Gasteiger partial charge in [-0.2, -0.15) is 0 Å². The number of amides is 3. The van der Waals surface area contributed by atoms with Crippen LogP contribution in [0.25, 0.3) is 0 Å². The van der Waals surface area contributed by atoms with Crippen molar-refractivity contribution in [2.24, 2.45) is 0 Å². The lowest BCUT2D eigenvalue weighted by Gasteiger charge is -2.26. The highest BCUT2D eigenvalue weighted by Crippen LogP contribution is 2.36. The fourth-order valence-corrected chi connectivity index (χ4v) is 4.36. The van der Waals surface area contributed by atoms with Gasteiger partial charge in [-0.05, 0) is 36.2 Å². The second kappa shape index (κ2) is 6.04. The highest BCUT2D eigenvalue weighted by atomic mass is 32.2. The Morgan fingerprint density at radius 2 is 1.88 bits per heavy atom. The van der Waals surface area contributed by atoms with Crippen molar-refractivity contribution >= 4 is 29.5 Å². The molecule has 0 radical (unpaired) electrons. The van der Waals surface area contributed by atoms with Gasteiger partial charge in [0.05, 0.1) is 17.2 Å². The van der Waals surface area contributed by atoms with E-state index in [1.807, 2.05) is 18.2 Å². The molecule has 0 aromatic heterocycles. The molecule has 2 aliphatic heterocycles. The number of fused-ring (bicyclic) bond motifs is 2. The minimum Gasteiger partial charge on any atom is -0.345 e. The number of carbonyl (C=O) groups excluding carboxylic acids is 3. The van der Waals surface area contributed by atoms with Gasteiger partial charge in [-0.1, -0.05) is 18.2 Å². The summed E-state index contributed by atoms with van der Waals surface area (Å²) in [5.41, 5.74) is 2.16. The topological polar surface area (TPSA) is 66.5 Å². The number of rotatable bonds is 2. The molecule has 2 heterocycles. The van der Waals surface area contributed by atoms with Crippen molar-refractivity contribution in [3.8, 4) is 0 Å². The molecular weight excluding hydrogens is 336 g/mol. The standard InChI is InChI=1S/C19H16N2O3S/c1-21-18(23)12-7-6-11(10-14(12)19(21)24)17(22)20-15-8-9-25-16-5-3-2-4-13(15)16/h2-7,10,15H,8-9H2,1H3,(H,20,22)/t15-/m1/s1. The van der Waals surface area contributed by atoms with E-state index in [0.29, 0.717) is 16.7 Å². The van der Waals surface area contributed by atoms with E-state index >= 15 is 0 Å². The van der Waals surface area contributed by atoms with Gasteiger partial charge in [-0.3, -0.25) is 19.3 Å². The molecular formula is C19H16N2O3S. The second-order valence-corrected chi connectivity index (χ2v) is 7.27. The smallest absolute Gasteiger partial charge is 0.261 e. The molecule has 0 saturated carbocycles. The lowest BCUT2D eigenvalue weighted by Crippen LogP contribution is -2.30. The van der Waals surface area contributed by atoms with Gasteiger partial charge in [0.25, 0.3) is 17.7 Å². The van der Waals surface area contributed by atoms with Crippen LogP contribution in [0, 0.1) is 0 Å². The van der Waals surface area contributed by atoms with Gasteiger partial charge in [-0.15, -0.1) is 11.8 Å². The van der Waals surface area contributed by atoms with Gasteiger partial charge in [0, 0.05) is 23.3 Å². The van der Waals surface area contributed by atoms with Crippen LogP contribution in [-0.2, 0) is 0 Å². The largest absolute Gasteiger partial charge is 0.345 e. The Hall–Kier alpha value is -2.60. The van der Waals surface area contributed by atoms with Crippen molar-refractivity contribution in [3.63, 3.8) is 0 Å². The van der Waals surface area contributed by atoms with Gasteiger partial charge in [0.1, 0.15) is 0 Å². The third-order valence-corrected chi connectivity index (χ3v) is 5.74. The average Bonchev–Trinajstić information content (AvgIpc) is 2.86. The van der Waals surface area contributed by atoms with Crippen LogP contribution in [0.2, 0.25) is 0 Å². The molecule has 1 atom stereocenters. The minimum absolute atomic E-state index is 0.0433. The van der Waals surface area contributed by atoms with Gasteiger partial charge >= 0.3 is 0 Å². The van der Waals surface area contributed by atoms with E-state index < -0.39 is 0 Å². The number of imide groups is 1. The third-order valence-electron chi connectivity index (χ3n) is 4.62. The molecule has 1 N–H and O–H groups in total. The molecule has 0 aliphatic carbocycles. The van der Waals surface area contributed by atoms with Crippen molar-refractivity contribution in [1.82, 2.24) is 10.2 Å². The van der Waals surface area contributed by atoms with Crippen LogP contribution < -0.4 is 5.32 Å².